The minimum absolute atomic E-state index is 0. The molecule has 2 fully saturated rings. The number of nitrogens with one attached hydrogen (secondary N) is 1. The van der Waals surface area contributed by atoms with Crippen molar-refractivity contribution >= 4 is 7.82 Å². The van der Waals surface area contributed by atoms with E-state index in [9.17, 15) is 9.46 Å². The highest BCUT2D eigenvalue weighted by atomic mass is 31.2. The van der Waals surface area contributed by atoms with E-state index in [2.05, 4.69) is 54.5 Å². The molecule has 3 unspecified atom stereocenters. The molecule has 0 radical (unpaired) electrons. The number of benzene rings is 2. The number of phosphoric ester groups is 1. The topological polar surface area (TPSA) is 71.0 Å². The van der Waals surface area contributed by atoms with E-state index in [4.69, 9.17) is 9.05 Å². The molecule has 2 aliphatic rings. The van der Waals surface area contributed by atoms with Gasteiger partial charge in [-0.3, -0.25) is 13.9 Å². The minimum atomic E-state index is -3.89. The Balaban J connectivity index is 0.000000321. The van der Waals surface area contributed by atoms with Crippen LogP contribution in [0.4, 0.5) is 0 Å². The smallest absolute Gasteiger partial charge is 0.315 e. The second-order valence-electron chi connectivity index (χ2n) is 9.51. The van der Waals surface area contributed by atoms with Crippen molar-refractivity contribution in [3.05, 3.63) is 71.8 Å². The summed E-state index contributed by atoms with van der Waals surface area (Å²) in [7, 11) is -1.81. The van der Waals surface area contributed by atoms with Crippen LogP contribution in [-0.4, -0.2) is 42.6 Å². The van der Waals surface area contributed by atoms with E-state index < -0.39 is 13.9 Å². The maximum Gasteiger partial charge on any atom is 0.472 e. The van der Waals surface area contributed by atoms with Crippen LogP contribution >= 0.6 is 7.82 Å². The highest BCUT2D eigenvalue weighted by Crippen LogP contribution is 2.57. The summed E-state index contributed by atoms with van der Waals surface area (Å²) >= 11 is 0. The van der Waals surface area contributed by atoms with E-state index in [-0.39, 0.29) is 26.9 Å². The number of likely N-dealkylation sites (tertiary alicyclic amines) is 1. The van der Waals surface area contributed by atoms with Crippen molar-refractivity contribution in [1.29, 1.82) is 0 Å². The number of hydrogen-bond acceptors (Lipinski definition) is 5. The fraction of sp³-hybridized carbons (Fsp3) is 0.556. The van der Waals surface area contributed by atoms with Crippen LogP contribution in [-0.2, 0) is 20.2 Å². The Morgan fingerprint density at radius 2 is 1.68 bits per heavy atom. The predicted molar refractivity (Wildman–Crippen MR) is 142 cm³/mol. The first-order valence-corrected chi connectivity index (χ1v) is 12.8. The van der Waals surface area contributed by atoms with Crippen LogP contribution in [0.1, 0.15) is 59.3 Å². The van der Waals surface area contributed by atoms with Gasteiger partial charge in [0.15, 0.2) is 0 Å². The maximum absolute atomic E-state index is 11.4. The lowest BCUT2D eigenvalue weighted by Crippen LogP contribution is -2.48. The van der Waals surface area contributed by atoms with Crippen LogP contribution < -0.4 is 5.32 Å². The first-order valence-electron chi connectivity index (χ1n) is 11.3. The molecule has 192 valence electrons. The molecule has 6 nitrogen and oxygen atoms in total. The van der Waals surface area contributed by atoms with Gasteiger partial charge in [-0.25, -0.2) is 4.57 Å². The number of piperidine rings is 1. The van der Waals surface area contributed by atoms with Crippen LogP contribution in [0.25, 0.3) is 0 Å². The van der Waals surface area contributed by atoms with Crippen LogP contribution in [0.3, 0.4) is 0 Å². The first-order chi connectivity index (χ1) is 15.2. The summed E-state index contributed by atoms with van der Waals surface area (Å²) in [6.07, 6.45) is 0.886. The summed E-state index contributed by atoms with van der Waals surface area (Å²) in [6, 6.07) is 20.8. The van der Waals surface area contributed by atoms with E-state index >= 15 is 0 Å². The Morgan fingerprint density at radius 3 is 2.26 bits per heavy atom. The molecule has 0 aromatic heterocycles. The van der Waals surface area contributed by atoms with Crippen molar-refractivity contribution < 1.29 is 18.5 Å². The number of likely N-dealkylation sites (N-methyl/N-ethyl adjacent to an activating group) is 1. The Hall–Kier alpha value is -1.53. The number of phosphoric acid groups is 1. The lowest BCUT2D eigenvalue weighted by molar-refractivity contribution is -0.0472. The molecule has 2 N–H and O–H groups in total. The van der Waals surface area contributed by atoms with Gasteiger partial charge in [0.2, 0.25) is 0 Å². The van der Waals surface area contributed by atoms with E-state index in [1.807, 2.05) is 44.2 Å². The SMILES string of the molecule is C.C.CC1(C)COP(=O)(O)OC1c1ccccc1.CNC1CN(Cc2ccccc2)CC[C@H]1C. The predicted octanol–water partition coefficient (Wildman–Crippen LogP) is 6.29. The Kier molecular flexibility index (Phi) is 12.1. The maximum atomic E-state index is 11.4. The fourth-order valence-electron chi connectivity index (χ4n) is 4.27. The third-order valence-electron chi connectivity index (χ3n) is 6.31. The zero-order valence-electron chi connectivity index (χ0n) is 19.6. The average Bonchev–Trinajstić information content (AvgIpc) is 2.79. The molecule has 0 amide bonds. The Bertz CT molecular complexity index is 879. The quantitative estimate of drug-likeness (QED) is 0.489. The summed E-state index contributed by atoms with van der Waals surface area (Å²) in [5.74, 6) is 0.803. The van der Waals surface area contributed by atoms with Gasteiger partial charge in [-0.1, -0.05) is 96.3 Å². The van der Waals surface area contributed by atoms with Crippen molar-refractivity contribution in [2.24, 2.45) is 11.3 Å². The van der Waals surface area contributed by atoms with Gasteiger partial charge in [-0.2, -0.15) is 0 Å². The lowest BCUT2D eigenvalue weighted by atomic mass is 9.83. The van der Waals surface area contributed by atoms with Gasteiger partial charge < -0.3 is 10.2 Å². The molecule has 4 atom stereocenters. The van der Waals surface area contributed by atoms with Crippen molar-refractivity contribution in [2.75, 3.05) is 26.7 Å². The van der Waals surface area contributed by atoms with E-state index in [0.29, 0.717) is 6.04 Å². The molecule has 34 heavy (non-hydrogen) atoms. The van der Waals surface area contributed by atoms with Gasteiger partial charge in [0.05, 0.1) is 6.61 Å². The molecule has 0 spiro atoms. The van der Waals surface area contributed by atoms with Gasteiger partial charge in [-0.05, 0) is 37.1 Å². The van der Waals surface area contributed by atoms with Gasteiger partial charge in [-0.15, -0.1) is 0 Å². The molecule has 2 aromatic rings. The van der Waals surface area contributed by atoms with E-state index in [1.54, 1.807) is 0 Å². The molecule has 7 heteroatoms. The van der Waals surface area contributed by atoms with Crippen molar-refractivity contribution in [1.82, 2.24) is 10.2 Å². The van der Waals surface area contributed by atoms with Crippen molar-refractivity contribution in [2.45, 2.75) is 60.7 Å². The molecular weight excluding hydrogens is 447 g/mol. The second kappa shape index (κ2) is 13.5. The molecule has 0 bridgehead atoms. The standard InChI is InChI=1S/C14H22N2.C11H15O4P.2CH4/c1-12-8-9-16(11-14(12)15-2)10-13-6-4-3-5-7-13;1-11(2)8-14-16(12,13)15-10(11)9-6-4-3-5-7-9;;/h3-7,12,14-15H,8-11H2,1-2H3;3-7,10H,8H2,1-2H3,(H,12,13);2*1H4/t12-,14?;;;/m1.../s1. The highest BCUT2D eigenvalue weighted by Gasteiger charge is 2.44. The van der Waals surface area contributed by atoms with E-state index in [1.165, 1.54) is 25.1 Å². The zero-order chi connectivity index (χ0) is 23.2. The highest BCUT2D eigenvalue weighted by molar-refractivity contribution is 7.47. The van der Waals surface area contributed by atoms with Crippen molar-refractivity contribution in [3.8, 4) is 0 Å². The van der Waals surface area contributed by atoms with Crippen LogP contribution in [0.5, 0.6) is 0 Å². The summed E-state index contributed by atoms with van der Waals surface area (Å²) < 4.78 is 21.4. The summed E-state index contributed by atoms with van der Waals surface area (Å²) in [4.78, 5) is 11.9. The average molecular weight is 493 g/mol. The molecule has 2 aliphatic heterocycles. The number of rotatable bonds is 4. The fourth-order valence-corrected chi connectivity index (χ4v) is 5.50. The normalized spacial score (nSPS) is 28.4. The molecule has 2 saturated heterocycles. The zero-order valence-corrected chi connectivity index (χ0v) is 20.5. The first kappa shape index (κ1) is 30.5. The van der Waals surface area contributed by atoms with Gasteiger partial charge >= 0.3 is 7.82 Å². The van der Waals surface area contributed by atoms with Crippen LogP contribution in [0, 0.1) is 11.3 Å². The van der Waals surface area contributed by atoms with Gasteiger partial charge in [0, 0.05) is 24.5 Å². The summed E-state index contributed by atoms with van der Waals surface area (Å²) in [6.45, 7) is 9.95. The minimum Gasteiger partial charge on any atom is -0.315 e. The molecule has 2 aromatic carbocycles. The van der Waals surface area contributed by atoms with Gasteiger partial charge in [0.25, 0.3) is 0 Å². The van der Waals surface area contributed by atoms with Crippen LogP contribution in [0.2, 0.25) is 0 Å². The van der Waals surface area contributed by atoms with Gasteiger partial charge in [0.1, 0.15) is 6.10 Å². The Morgan fingerprint density at radius 1 is 1.09 bits per heavy atom. The third kappa shape index (κ3) is 8.60. The number of hydrogen-bond donors (Lipinski definition) is 2. The third-order valence-corrected chi connectivity index (χ3v) is 7.25. The van der Waals surface area contributed by atoms with Crippen molar-refractivity contribution in [3.63, 3.8) is 0 Å². The molecule has 0 aliphatic carbocycles. The monoisotopic (exact) mass is 492 g/mol. The van der Waals surface area contributed by atoms with E-state index in [0.717, 1.165) is 18.0 Å². The molecular formula is C27H45N2O4P. The second-order valence-corrected chi connectivity index (χ2v) is 10.9. The molecule has 0 saturated carbocycles. The summed E-state index contributed by atoms with van der Waals surface area (Å²) in [5, 5.41) is 3.43. The Labute approximate surface area is 207 Å². The molecule has 4 rings (SSSR count). The lowest BCUT2D eigenvalue weighted by Gasteiger charge is -2.39. The number of nitrogens with zero attached hydrogens (tertiary/aromatic N) is 1. The molecule has 2 heterocycles. The summed E-state index contributed by atoms with van der Waals surface area (Å²) in [5.41, 5.74) is 2.00. The largest absolute Gasteiger partial charge is 0.472 e. The van der Waals surface area contributed by atoms with Crippen LogP contribution in [0.15, 0.2) is 60.7 Å².